The fourth-order valence-electron chi connectivity index (χ4n) is 3.81. The molecule has 0 aromatic carbocycles. The van der Waals surface area contributed by atoms with Crippen LogP contribution in [0.4, 0.5) is 0 Å². The quantitative estimate of drug-likeness (QED) is 0.504. The molecular formula is C19H30N3O3+. The minimum absolute atomic E-state index is 0.125. The van der Waals surface area contributed by atoms with Gasteiger partial charge < -0.3 is 19.9 Å². The number of quaternary nitrogens is 1. The lowest BCUT2D eigenvalue weighted by atomic mass is 9.84. The highest BCUT2D eigenvalue weighted by molar-refractivity contribution is 6.01. The lowest BCUT2D eigenvalue weighted by Gasteiger charge is -2.23. The maximum atomic E-state index is 12.5. The molecule has 1 saturated heterocycles. The Kier molecular flexibility index (Phi) is 6.64. The van der Waals surface area contributed by atoms with Crippen LogP contribution in [0.2, 0.25) is 0 Å². The van der Waals surface area contributed by atoms with E-state index in [-0.39, 0.29) is 17.6 Å². The maximum absolute atomic E-state index is 12.5. The fourth-order valence-corrected chi connectivity index (χ4v) is 3.81. The fraction of sp³-hybridized carbons (Fsp3) is 0.684. The zero-order valence-corrected chi connectivity index (χ0v) is 14.9. The van der Waals surface area contributed by atoms with E-state index in [4.69, 9.17) is 4.74 Å². The van der Waals surface area contributed by atoms with Gasteiger partial charge in [0.25, 0.3) is 5.91 Å². The van der Waals surface area contributed by atoms with Gasteiger partial charge in [-0.25, -0.2) is 0 Å². The largest absolute Gasteiger partial charge is 0.370 e. The SMILES string of the molecule is O=C(NCCC[NH+]1CCOCC1)c1cc(C(=O)C2CCCCC2)c[nH]1. The third-order valence-corrected chi connectivity index (χ3v) is 5.38. The second kappa shape index (κ2) is 9.15. The van der Waals surface area contributed by atoms with Gasteiger partial charge in [0.1, 0.15) is 18.8 Å². The summed E-state index contributed by atoms with van der Waals surface area (Å²) in [5, 5.41) is 2.94. The number of morpholine rings is 1. The predicted octanol–water partition coefficient (Wildman–Crippen LogP) is 0.813. The highest BCUT2D eigenvalue weighted by Gasteiger charge is 2.23. The molecule has 1 aromatic heterocycles. The average molecular weight is 348 g/mol. The summed E-state index contributed by atoms with van der Waals surface area (Å²) in [5.74, 6) is 0.197. The number of Topliss-reactive ketones (excluding diaryl/α,β-unsaturated/α-hetero) is 1. The summed E-state index contributed by atoms with van der Waals surface area (Å²) in [4.78, 5) is 29.2. The zero-order valence-electron chi connectivity index (χ0n) is 14.9. The van der Waals surface area contributed by atoms with E-state index in [0.29, 0.717) is 17.8 Å². The molecule has 0 radical (unpaired) electrons. The van der Waals surface area contributed by atoms with E-state index in [0.717, 1.165) is 65.0 Å². The highest BCUT2D eigenvalue weighted by Crippen LogP contribution is 2.27. The van der Waals surface area contributed by atoms with Gasteiger partial charge in [0.05, 0.1) is 19.8 Å². The Morgan fingerprint density at radius 1 is 1.20 bits per heavy atom. The molecule has 2 heterocycles. The lowest BCUT2D eigenvalue weighted by molar-refractivity contribution is -0.908. The minimum atomic E-state index is -0.125. The molecule has 0 unspecified atom stereocenters. The summed E-state index contributed by atoms with van der Waals surface area (Å²) in [6.45, 7) is 5.49. The van der Waals surface area contributed by atoms with E-state index in [1.54, 1.807) is 17.2 Å². The topological polar surface area (TPSA) is 75.6 Å². The smallest absolute Gasteiger partial charge is 0.267 e. The summed E-state index contributed by atoms with van der Waals surface area (Å²) >= 11 is 0. The average Bonchev–Trinajstić information content (AvgIpc) is 3.16. The third kappa shape index (κ3) is 5.16. The molecule has 1 aliphatic heterocycles. The molecule has 2 fully saturated rings. The van der Waals surface area contributed by atoms with Crippen molar-refractivity contribution < 1.29 is 19.2 Å². The number of hydrogen-bond acceptors (Lipinski definition) is 3. The number of hydrogen-bond donors (Lipinski definition) is 3. The lowest BCUT2D eigenvalue weighted by Crippen LogP contribution is -3.14. The van der Waals surface area contributed by atoms with Gasteiger partial charge in [-0.1, -0.05) is 19.3 Å². The van der Waals surface area contributed by atoms with E-state index in [1.165, 1.54) is 6.42 Å². The number of carbonyl (C=O) groups is 2. The number of amides is 1. The molecule has 0 atom stereocenters. The van der Waals surface area contributed by atoms with Gasteiger partial charge in [-0.2, -0.15) is 0 Å². The van der Waals surface area contributed by atoms with Gasteiger partial charge >= 0.3 is 0 Å². The summed E-state index contributed by atoms with van der Waals surface area (Å²) in [7, 11) is 0. The number of ether oxygens (including phenoxy) is 1. The normalized spacial score (nSPS) is 19.7. The number of carbonyl (C=O) groups excluding carboxylic acids is 2. The van der Waals surface area contributed by atoms with Crippen molar-refractivity contribution in [3.05, 3.63) is 23.5 Å². The van der Waals surface area contributed by atoms with Crippen LogP contribution in [0.5, 0.6) is 0 Å². The summed E-state index contributed by atoms with van der Waals surface area (Å²) in [5.41, 5.74) is 1.13. The molecule has 6 nitrogen and oxygen atoms in total. The molecule has 6 heteroatoms. The first kappa shape index (κ1) is 18.1. The van der Waals surface area contributed by atoms with Crippen LogP contribution < -0.4 is 10.2 Å². The summed E-state index contributed by atoms with van der Waals surface area (Å²) in [6.07, 6.45) is 8.11. The Morgan fingerprint density at radius 3 is 2.72 bits per heavy atom. The second-order valence-corrected chi connectivity index (χ2v) is 7.22. The Labute approximate surface area is 149 Å². The van der Waals surface area contributed by atoms with Gasteiger partial charge in [0.15, 0.2) is 5.78 Å². The minimum Gasteiger partial charge on any atom is -0.370 e. The van der Waals surface area contributed by atoms with Crippen molar-refractivity contribution in [2.24, 2.45) is 5.92 Å². The predicted molar refractivity (Wildman–Crippen MR) is 95.0 cm³/mol. The van der Waals surface area contributed by atoms with Crippen LogP contribution in [0.1, 0.15) is 59.4 Å². The second-order valence-electron chi connectivity index (χ2n) is 7.22. The van der Waals surface area contributed by atoms with Gasteiger partial charge in [-0.05, 0) is 18.9 Å². The van der Waals surface area contributed by atoms with Gasteiger partial charge in [-0.15, -0.1) is 0 Å². The first-order chi connectivity index (χ1) is 12.2. The third-order valence-electron chi connectivity index (χ3n) is 5.38. The molecule has 1 aliphatic carbocycles. The van der Waals surface area contributed by atoms with Crippen LogP contribution >= 0.6 is 0 Å². The number of ketones is 1. The highest BCUT2D eigenvalue weighted by atomic mass is 16.5. The Hall–Kier alpha value is -1.66. The van der Waals surface area contributed by atoms with Crippen LogP contribution in [0.15, 0.2) is 12.3 Å². The Balaban J connectivity index is 1.41. The first-order valence-corrected chi connectivity index (χ1v) is 9.66. The number of aromatic amines is 1. The van der Waals surface area contributed by atoms with E-state index >= 15 is 0 Å². The number of rotatable bonds is 7. The molecule has 1 saturated carbocycles. The molecule has 0 bridgehead atoms. The van der Waals surface area contributed by atoms with E-state index in [1.807, 2.05) is 0 Å². The molecule has 1 amide bonds. The van der Waals surface area contributed by atoms with Crippen LogP contribution in [-0.4, -0.2) is 56.1 Å². The van der Waals surface area contributed by atoms with E-state index < -0.39 is 0 Å². The number of aromatic nitrogens is 1. The molecule has 3 rings (SSSR count). The van der Waals surface area contributed by atoms with Crippen LogP contribution in [0.3, 0.4) is 0 Å². The maximum Gasteiger partial charge on any atom is 0.267 e. The number of H-pyrrole nitrogens is 1. The Morgan fingerprint density at radius 2 is 1.96 bits per heavy atom. The standard InChI is InChI=1S/C19H29N3O3/c23-18(15-5-2-1-3-6-15)16-13-17(21-14-16)19(24)20-7-4-8-22-9-11-25-12-10-22/h13-15,21H,1-12H2,(H,20,24)/p+1. The van der Waals surface area contributed by atoms with Crippen molar-refractivity contribution in [1.82, 2.24) is 10.3 Å². The Bertz CT molecular complexity index is 572. The van der Waals surface area contributed by atoms with Crippen molar-refractivity contribution in [3.63, 3.8) is 0 Å². The number of nitrogens with one attached hydrogen (secondary N) is 3. The van der Waals surface area contributed by atoms with E-state index in [2.05, 4.69) is 10.3 Å². The van der Waals surface area contributed by atoms with Crippen molar-refractivity contribution in [1.29, 1.82) is 0 Å². The van der Waals surface area contributed by atoms with Gasteiger partial charge in [0, 0.05) is 30.6 Å². The van der Waals surface area contributed by atoms with Crippen molar-refractivity contribution >= 4 is 11.7 Å². The van der Waals surface area contributed by atoms with Crippen molar-refractivity contribution in [2.45, 2.75) is 38.5 Å². The molecule has 2 aliphatic rings. The molecule has 0 spiro atoms. The first-order valence-electron chi connectivity index (χ1n) is 9.66. The van der Waals surface area contributed by atoms with Gasteiger partial charge in [0.2, 0.25) is 0 Å². The molecule has 25 heavy (non-hydrogen) atoms. The van der Waals surface area contributed by atoms with Crippen molar-refractivity contribution in [3.8, 4) is 0 Å². The van der Waals surface area contributed by atoms with Crippen LogP contribution in [-0.2, 0) is 4.74 Å². The molecule has 138 valence electrons. The summed E-state index contributed by atoms with van der Waals surface area (Å²) < 4.78 is 5.35. The molecule has 3 N–H and O–H groups in total. The van der Waals surface area contributed by atoms with Crippen molar-refractivity contribution in [2.75, 3.05) is 39.4 Å². The zero-order chi connectivity index (χ0) is 17.5. The van der Waals surface area contributed by atoms with Crippen LogP contribution in [0.25, 0.3) is 0 Å². The molecular weight excluding hydrogens is 318 g/mol. The summed E-state index contributed by atoms with van der Waals surface area (Å²) in [6, 6.07) is 1.71. The monoisotopic (exact) mass is 348 g/mol. The van der Waals surface area contributed by atoms with E-state index in [9.17, 15) is 9.59 Å². The van der Waals surface area contributed by atoms with Crippen LogP contribution in [0, 0.1) is 5.92 Å². The van der Waals surface area contributed by atoms with Gasteiger partial charge in [-0.3, -0.25) is 9.59 Å². The molecule has 1 aromatic rings.